The molecule has 5 heteroatoms. The van der Waals surface area contributed by atoms with E-state index in [0.717, 1.165) is 16.7 Å². The van der Waals surface area contributed by atoms with Gasteiger partial charge < -0.3 is 18.9 Å². The van der Waals surface area contributed by atoms with Gasteiger partial charge in [-0.15, -0.1) is 0 Å². The highest BCUT2D eigenvalue weighted by atomic mass is 28.1. The van der Waals surface area contributed by atoms with E-state index in [1.165, 1.54) is 0 Å². The van der Waals surface area contributed by atoms with Crippen molar-refractivity contribution in [1.29, 1.82) is 0 Å². The lowest BCUT2D eigenvalue weighted by Crippen LogP contribution is -2.44. The first kappa shape index (κ1) is 18.1. The molecule has 0 aliphatic rings. The molecule has 110 valence electrons. The van der Waals surface area contributed by atoms with Crippen LogP contribution in [0.25, 0.3) is 0 Å². The van der Waals surface area contributed by atoms with Crippen molar-refractivity contribution < 1.29 is 18.9 Å². The van der Waals surface area contributed by atoms with Crippen molar-refractivity contribution in [2.75, 3.05) is 13.2 Å². The lowest BCUT2D eigenvalue weighted by Gasteiger charge is -2.36. The van der Waals surface area contributed by atoms with Crippen LogP contribution < -0.4 is 0 Å². The molecule has 0 aromatic heterocycles. The molecule has 0 aliphatic carbocycles. The van der Waals surface area contributed by atoms with E-state index in [1.807, 2.05) is 27.7 Å². The van der Waals surface area contributed by atoms with Crippen molar-refractivity contribution in [3.63, 3.8) is 0 Å². The van der Waals surface area contributed by atoms with Crippen LogP contribution in [0.15, 0.2) is 0 Å². The van der Waals surface area contributed by atoms with Crippen LogP contribution in [0.1, 0.15) is 48.0 Å². The molecule has 0 amide bonds. The number of hydrogen-bond acceptors (Lipinski definition) is 4. The van der Waals surface area contributed by atoms with Crippen molar-refractivity contribution >= 4 is 10.2 Å². The van der Waals surface area contributed by atoms with E-state index < -0.39 is 5.41 Å². The summed E-state index contributed by atoms with van der Waals surface area (Å²) in [7, 11) is 0.772. The van der Waals surface area contributed by atoms with Crippen molar-refractivity contribution in [3.8, 4) is 0 Å². The molecule has 0 heterocycles. The van der Waals surface area contributed by atoms with E-state index >= 15 is 0 Å². The zero-order valence-corrected chi connectivity index (χ0v) is 15.0. The number of hydrogen-bond donors (Lipinski definition) is 0. The molecule has 2 atom stereocenters. The van der Waals surface area contributed by atoms with Crippen LogP contribution in [-0.4, -0.2) is 41.4 Å². The summed E-state index contributed by atoms with van der Waals surface area (Å²) in [6.07, 6.45) is 0.355. The first-order valence-corrected chi connectivity index (χ1v) is 7.91. The maximum atomic E-state index is 5.94. The van der Waals surface area contributed by atoms with Crippen LogP contribution in [-0.2, 0) is 18.9 Å². The zero-order valence-electron chi connectivity index (χ0n) is 13.0. The minimum absolute atomic E-state index is 0.250. The molecular weight excluding hydrogens is 248 g/mol. The van der Waals surface area contributed by atoms with Crippen molar-refractivity contribution in [1.82, 2.24) is 0 Å². The molecule has 0 aromatic carbocycles. The first-order valence-electron chi connectivity index (χ1n) is 6.91. The molecule has 0 aliphatic heterocycles. The summed E-state index contributed by atoms with van der Waals surface area (Å²) in [5.74, 6) is 0.505. The Bertz CT molecular complexity index is 197. The smallest absolute Gasteiger partial charge is 0.157 e. The molecule has 0 spiro atoms. The molecule has 0 aromatic rings. The van der Waals surface area contributed by atoms with Gasteiger partial charge in [-0.2, -0.15) is 0 Å². The molecule has 2 unspecified atom stereocenters. The Labute approximate surface area is 115 Å². The molecule has 0 saturated heterocycles. The minimum atomic E-state index is -0.544. The predicted octanol–water partition coefficient (Wildman–Crippen LogP) is 1.85. The molecule has 0 saturated carbocycles. The molecule has 0 fully saturated rings. The van der Waals surface area contributed by atoms with Crippen molar-refractivity contribution in [3.05, 3.63) is 0 Å². The monoisotopic (exact) mass is 278 g/mol. The Balaban J connectivity index is 4.50. The van der Waals surface area contributed by atoms with Crippen LogP contribution in [0.2, 0.25) is 0 Å². The summed E-state index contributed by atoms with van der Waals surface area (Å²) in [5, 5.41) is 0. The van der Waals surface area contributed by atoms with Gasteiger partial charge in [-0.25, -0.2) is 0 Å². The summed E-state index contributed by atoms with van der Waals surface area (Å²) in [6.45, 7) is 13.3. The predicted molar refractivity (Wildman–Crippen MR) is 76.5 cm³/mol. The summed E-state index contributed by atoms with van der Waals surface area (Å²) < 4.78 is 22.8. The van der Waals surface area contributed by atoms with Gasteiger partial charge in [0.2, 0.25) is 0 Å². The lowest BCUT2D eigenvalue weighted by atomic mass is 10.1. The maximum Gasteiger partial charge on any atom is 0.157 e. The van der Waals surface area contributed by atoms with Gasteiger partial charge in [0.1, 0.15) is 5.41 Å². The van der Waals surface area contributed by atoms with Crippen LogP contribution in [0, 0.1) is 5.92 Å². The molecule has 18 heavy (non-hydrogen) atoms. The van der Waals surface area contributed by atoms with E-state index in [4.69, 9.17) is 18.9 Å². The SMILES string of the molecule is CCOC(C)OC([SiH3])(CC(C)C)OC(C)OCC. The number of ether oxygens (including phenoxy) is 4. The second-order valence-electron chi connectivity index (χ2n) is 5.01. The van der Waals surface area contributed by atoms with E-state index in [-0.39, 0.29) is 12.6 Å². The molecule has 0 N–H and O–H groups in total. The van der Waals surface area contributed by atoms with Crippen LogP contribution >= 0.6 is 0 Å². The van der Waals surface area contributed by atoms with Gasteiger partial charge in [-0.1, -0.05) is 13.8 Å². The molecule has 0 bridgehead atoms. The average molecular weight is 278 g/mol. The van der Waals surface area contributed by atoms with Crippen molar-refractivity contribution in [2.24, 2.45) is 5.92 Å². The van der Waals surface area contributed by atoms with Gasteiger partial charge >= 0.3 is 0 Å². The fourth-order valence-electron chi connectivity index (χ4n) is 2.11. The summed E-state index contributed by atoms with van der Waals surface area (Å²) in [4.78, 5) is 0. The fourth-order valence-corrected chi connectivity index (χ4v) is 3.59. The highest BCUT2D eigenvalue weighted by Crippen LogP contribution is 2.23. The second kappa shape index (κ2) is 9.04. The van der Waals surface area contributed by atoms with E-state index in [9.17, 15) is 0 Å². The number of rotatable bonds is 10. The van der Waals surface area contributed by atoms with Gasteiger partial charge in [0, 0.05) is 13.2 Å². The lowest BCUT2D eigenvalue weighted by molar-refractivity contribution is -0.312. The van der Waals surface area contributed by atoms with E-state index in [1.54, 1.807) is 0 Å². The standard InChI is InChI=1S/C13H30O4Si/c1-7-14-11(5)16-13(18,9-10(3)4)17-12(6)15-8-2/h10-12H,7-9H2,1-6,18H3. The van der Waals surface area contributed by atoms with Gasteiger partial charge in [0.15, 0.2) is 12.6 Å². The average Bonchev–Trinajstić information content (AvgIpc) is 2.14. The Morgan fingerprint density at radius 2 is 1.28 bits per heavy atom. The molecule has 0 radical (unpaired) electrons. The third kappa shape index (κ3) is 8.21. The Morgan fingerprint density at radius 1 is 0.889 bits per heavy atom. The van der Waals surface area contributed by atoms with E-state index in [2.05, 4.69) is 13.8 Å². The third-order valence-electron chi connectivity index (χ3n) is 2.41. The summed E-state index contributed by atoms with van der Waals surface area (Å²) in [6, 6.07) is 0. The van der Waals surface area contributed by atoms with Crippen LogP contribution in [0.3, 0.4) is 0 Å². The quantitative estimate of drug-likeness (QED) is 0.451. The van der Waals surface area contributed by atoms with E-state index in [0.29, 0.717) is 19.1 Å². The van der Waals surface area contributed by atoms with Gasteiger partial charge in [-0.05, 0) is 40.0 Å². The van der Waals surface area contributed by atoms with Crippen LogP contribution in [0.4, 0.5) is 0 Å². The maximum absolute atomic E-state index is 5.94. The van der Waals surface area contributed by atoms with Crippen molar-refractivity contribution in [2.45, 2.75) is 66.0 Å². The first-order chi connectivity index (χ1) is 8.33. The largest absolute Gasteiger partial charge is 0.353 e. The Morgan fingerprint density at radius 3 is 1.56 bits per heavy atom. The third-order valence-corrected chi connectivity index (χ3v) is 3.29. The van der Waals surface area contributed by atoms with Crippen LogP contribution in [0.5, 0.6) is 0 Å². The highest BCUT2D eigenvalue weighted by molar-refractivity contribution is 6.13. The summed E-state index contributed by atoms with van der Waals surface area (Å²) in [5.41, 5.74) is -0.544. The Hall–Kier alpha value is 0.0569. The van der Waals surface area contributed by atoms with Gasteiger partial charge in [-0.3, -0.25) is 0 Å². The zero-order chi connectivity index (χ0) is 14.2. The minimum Gasteiger partial charge on any atom is -0.353 e. The Kier molecular flexibility index (Phi) is 9.07. The molecule has 4 nitrogen and oxygen atoms in total. The normalized spacial score (nSPS) is 18.8. The molecule has 0 rings (SSSR count). The highest BCUT2D eigenvalue weighted by Gasteiger charge is 2.31. The second-order valence-corrected chi connectivity index (χ2v) is 6.54. The van der Waals surface area contributed by atoms with Gasteiger partial charge in [0.25, 0.3) is 0 Å². The summed E-state index contributed by atoms with van der Waals surface area (Å²) >= 11 is 0. The fraction of sp³-hybridized carbons (Fsp3) is 1.00. The van der Waals surface area contributed by atoms with Gasteiger partial charge in [0.05, 0.1) is 10.2 Å². The molecular formula is C13H30O4Si. The topological polar surface area (TPSA) is 36.9 Å².